The van der Waals surface area contributed by atoms with Crippen molar-refractivity contribution in [3.05, 3.63) is 42.2 Å². The number of aromatic nitrogens is 3. The summed E-state index contributed by atoms with van der Waals surface area (Å²) in [5.74, 6) is -0.00631. The molecule has 0 bridgehead atoms. The van der Waals surface area contributed by atoms with Gasteiger partial charge in [-0.05, 0) is 19.1 Å². The number of ketones is 1. The molecule has 0 radical (unpaired) electrons. The van der Waals surface area contributed by atoms with Gasteiger partial charge in [0.2, 0.25) is 5.84 Å². The van der Waals surface area contributed by atoms with Crippen molar-refractivity contribution in [3.63, 3.8) is 0 Å². The summed E-state index contributed by atoms with van der Waals surface area (Å²) < 4.78 is 1.32. The molecule has 0 aliphatic rings. The Bertz CT molecular complexity index is 557. The maximum atomic E-state index is 11.5. The van der Waals surface area contributed by atoms with E-state index < -0.39 is 0 Å². The maximum Gasteiger partial charge on any atom is 0.217 e. The normalized spacial score (nSPS) is 11.3. The van der Waals surface area contributed by atoms with Crippen LogP contribution in [0.1, 0.15) is 12.5 Å². The zero-order valence-corrected chi connectivity index (χ0v) is 10.2. The quantitative estimate of drug-likeness (QED) is 0.503. The van der Waals surface area contributed by atoms with Gasteiger partial charge < -0.3 is 0 Å². The summed E-state index contributed by atoms with van der Waals surface area (Å²) in [5.41, 5.74) is 4.78. The van der Waals surface area contributed by atoms with Crippen LogP contribution in [0.15, 0.2) is 41.8 Å². The third kappa shape index (κ3) is 2.79. The van der Waals surface area contributed by atoms with Crippen LogP contribution in [-0.4, -0.2) is 26.6 Å². The first-order valence-electron chi connectivity index (χ1n) is 5.45. The molecule has 1 heterocycles. The number of benzene rings is 1. The summed E-state index contributed by atoms with van der Waals surface area (Å²) in [6.45, 7) is 3.43. The smallest absolute Gasteiger partial charge is 0.217 e. The number of nitrogens with zero attached hydrogens (tertiary/aromatic N) is 4. The van der Waals surface area contributed by atoms with Crippen molar-refractivity contribution in [3.8, 4) is 0 Å². The summed E-state index contributed by atoms with van der Waals surface area (Å²) >= 11 is 0. The van der Waals surface area contributed by atoms with E-state index in [0.717, 1.165) is 11.3 Å². The molecule has 0 unspecified atom stereocenters. The van der Waals surface area contributed by atoms with E-state index in [9.17, 15) is 4.79 Å². The molecule has 2 rings (SSSR count). The minimum atomic E-state index is -0.194. The third-order valence-corrected chi connectivity index (χ3v) is 2.30. The van der Waals surface area contributed by atoms with Gasteiger partial charge in [0.05, 0.1) is 18.1 Å². The van der Waals surface area contributed by atoms with Crippen molar-refractivity contribution < 1.29 is 4.79 Å². The van der Waals surface area contributed by atoms with Crippen LogP contribution in [-0.2, 0) is 4.79 Å². The van der Waals surface area contributed by atoms with Crippen molar-refractivity contribution in [2.45, 2.75) is 13.8 Å². The number of rotatable bonds is 3. The lowest BCUT2D eigenvalue weighted by atomic mass is 10.2. The van der Waals surface area contributed by atoms with Gasteiger partial charge in [0, 0.05) is 6.92 Å². The van der Waals surface area contributed by atoms with Crippen molar-refractivity contribution in [1.29, 1.82) is 0 Å². The highest BCUT2D eigenvalue weighted by atomic mass is 16.1. The Kier molecular flexibility index (Phi) is 3.47. The second-order valence-corrected chi connectivity index (χ2v) is 3.82. The van der Waals surface area contributed by atoms with Gasteiger partial charge in [-0.2, -0.15) is 9.78 Å². The van der Waals surface area contributed by atoms with Crippen LogP contribution in [0.2, 0.25) is 0 Å². The molecule has 1 aromatic heterocycles. The number of hydrogen-bond acceptors (Lipinski definition) is 5. The lowest BCUT2D eigenvalue weighted by molar-refractivity contribution is -0.111. The molecule has 2 aromatic rings. The lowest BCUT2D eigenvalue weighted by Crippen LogP contribution is -2.22. The number of aryl methyl sites for hydroxylation is 1. The highest BCUT2D eigenvalue weighted by Gasteiger charge is 2.09. The SMILES string of the molecule is CC(=O)/C(=N/Nc1ccc(C)cc1)n1ccnn1. The summed E-state index contributed by atoms with van der Waals surface area (Å²) in [6.07, 6.45) is 3.06. The zero-order chi connectivity index (χ0) is 13.0. The Labute approximate surface area is 104 Å². The van der Waals surface area contributed by atoms with E-state index in [1.54, 1.807) is 6.20 Å². The summed E-state index contributed by atoms with van der Waals surface area (Å²) in [6, 6.07) is 7.69. The van der Waals surface area contributed by atoms with Crippen LogP contribution in [0.5, 0.6) is 0 Å². The van der Waals surface area contributed by atoms with Crippen LogP contribution >= 0.6 is 0 Å². The molecule has 0 spiro atoms. The van der Waals surface area contributed by atoms with Crippen LogP contribution < -0.4 is 5.43 Å². The number of carbonyl (C=O) groups is 1. The Morgan fingerprint density at radius 3 is 2.61 bits per heavy atom. The zero-order valence-electron chi connectivity index (χ0n) is 10.2. The molecule has 6 heteroatoms. The summed E-state index contributed by atoms with van der Waals surface area (Å²) in [7, 11) is 0. The molecule has 18 heavy (non-hydrogen) atoms. The summed E-state index contributed by atoms with van der Waals surface area (Å²) in [5, 5.41) is 11.4. The van der Waals surface area contributed by atoms with E-state index in [2.05, 4.69) is 20.8 Å². The molecular weight excluding hydrogens is 230 g/mol. The monoisotopic (exact) mass is 243 g/mol. The maximum absolute atomic E-state index is 11.5. The Balaban J connectivity index is 2.20. The summed E-state index contributed by atoms with van der Waals surface area (Å²) in [4.78, 5) is 11.5. The molecule has 0 fully saturated rings. The first-order chi connectivity index (χ1) is 8.66. The molecule has 0 atom stereocenters. The van der Waals surface area contributed by atoms with E-state index in [1.165, 1.54) is 17.8 Å². The van der Waals surface area contributed by atoms with E-state index in [-0.39, 0.29) is 11.6 Å². The predicted molar refractivity (Wildman–Crippen MR) is 68.3 cm³/mol. The first kappa shape index (κ1) is 12.0. The van der Waals surface area contributed by atoms with Crippen LogP contribution in [0.4, 0.5) is 5.69 Å². The van der Waals surface area contributed by atoms with Crippen LogP contribution in [0.3, 0.4) is 0 Å². The van der Waals surface area contributed by atoms with Crippen molar-refractivity contribution in [2.75, 3.05) is 5.43 Å². The van der Waals surface area contributed by atoms with Gasteiger partial charge in [-0.15, -0.1) is 5.10 Å². The molecule has 6 nitrogen and oxygen atoms in total. The van der Waals surface area contributed by atoms with Crippen LogP contribution in [0, 0.1) is 6.92 Å². The number of anilines is 1. The third-order valence-electron chi connectivity index (χ3n) is 2.30. The first-order valence-corrected chi connectivity index (χ1v) is 5.45. The fourth-order valence-electron chi connectivity index (χ4n) is 1.36. The number of Topliss-reactive ketones (excluding diaryl/α,β-unsaturated/α-hetero) is 1. The average molecular weight is 243 g/mol. The molecule has 0 amide bonds. The van der Waals surface area contributed by atoms with Gasteiger partial charge in [-0.1, -0.05) is 22.9 Å². The van der Waals surface area contributed by atoms with E-state index in [0.29, 0.717) is 0 Å². The number of hydrazone groups is 1. The van der Waals surface area contributed by atoms with Crippen molar-refractivity contribution in [2.24, 2.45) is 5.10 Å². The lowest BCUT2D eigenvalue weighted by Gasteiger charge is -2.04. The molecule has 0 saturated heterocycles. The number of hydrogen-bond donors (Lipinski definition) is 1. The molecule has 0 saturated carbocycles. The Morgan fingerprint density at radius 1 is 1.33 bits per heavy atom. The van der Waals surface area contributed by atoms with Crippen molar-refractivity contribution >= 4 is 17.3 Å². The fourth-order valence-corrected chi connectivity index (χ4v) is 1.36. The molecule has 1 N–H and O–H groups in total. The Hall–Kier alpha value is -2.50. The minimum Gasteiger partial charge on any atom is -0.291 e. The second-order valence-electron chi connectivity index (χ2n) is 3.82. The number of nitrogens with one attached hydrogen (secondary N) is 1. The second kappa shape index (κ2) is 5.22. The van der Waals surface area contributed by atoms with Gasteiger partial charge in [0.15, 0.2) is 5.78 Å². The minimum absolute atomic E-state index is 0.188. The van der Waals surface area contributed by atoms with Crippen molar-refractivity contribution in [1.82, 2.24) is 15.0 Å². The van der Waals surface area contributed by atoms with Crippen LogP contribution in [0.25, 0.3) is 0 Å². The highest BCUT2D eigenvalue weighted by Crippen LogP contribution is 2.08. The molecule has 1 aromatic carbocycles. The topological polar surface area (TPSA) is 72.2 Å². The molecule has 92 valence electrons. The molecule has 0 aliphatic heterocycles. The standard InChI is InChI=1S/C12H13N5O/c1-9-3-5-11(6-4-9)14-15-12(10(2)18)17-8-7-13-16-17/h3-8,14H,1-2H3/b15-12-. The largest absolute Gasteiger partial charge is 0.291 e. The fraction of sp³-hybridized carbons (Fsp3) is 0.167. The van der Waals surface area contributed by atoms with Gasteiger partial charge in [0.25, 0.3) is 0 Å². The molecular formula is C12H13N5O. The Morgan fingerprint density at radius 2 is 2.06 bits per heavy atom. The van der Waals surface area contributed by atoms with E-state index in [1.807, 2.05) is 31.2 Å². The van der Waals surface area contributed by atoms with Gasteiger partial charge >= 0.3 is 0 Å². The average Bonchev–Trinajstić information content (AvgIpc) is 2.85. The van der Waals surface area contributed by atoms with E-state index >= 15 is 0 Å². The number of carbonyl (C=O) groups excluding carboxylic acids is 1. The highest BCUT2D eigenvalue weighted by molar-refractivity contribution is 6.38. The predicted octanol–water partition coefficient (Wildman–Crippen LogP) is 1.45. The molecule has 0 aliphatic carbocycles. The van der Waals surface area contributed by atoms with Gasteiger partial charge in [-0.25, -0.2) is 0 Å². The van der Waals surface area contributed by atoms with Gasteiger partial charge in [-0.3, -0.25) is 10.2 Å². The van der Waals surface area contributed by atoms with E-state index in [4.69, 9.17) is 0 Å². The van der Waals surface area contributed by atoms with Gasteiger partial charge in [0.1, 0.15) is 0 Å².